The summed E-state index contributed by atoms with van der Waals surface area (Å²) in [6.07, 6.45) is 4.06. The Hall–Kier alpha value is -2.86. The third kappa shape index (κ3) is 3.60. The molecule has 1 atom stereocenters. The zero-order chi connectivity index (χ0) is 19.5. The van der Waals surface area contributed by atoms with Crippen molar-refractivity contribution < 1.29 is 18.7 Å². The Morgan fingerprint density at radius 3 is 2.75 bits per heavy atom. The zero-order valence-electron chi connectivity index (χ0n) is 15.6. The second kappa shape index (κ2) is 8.02. The van der Waals surface area contributed by atoms with Crippen molar-refractivity contribution in [1.82, 2.24) is 0 Å². The lowest BCUT2D eigenvalue weighted by atomic mass is 9.83. The van der Waals surface area contributed by atoms with Crippen molar-refractivity contribution >= 4 is 28.2 Å². The van der Waals surface area contributed by atoms with Crippen LogP contribution in [0.1, 0.15) is 56.2 Å². The summed E-state index contributed by atoms with van der Waals surface area (Å²) in [7, 11) is 0. The van der Waals surface area contributed by atoms with Crippen molar-refractivity contribution in [3.8, 4) is 0 Å². The van der Waals surface area contributed by atoms with Crippen LogP contribution in [-0.2, 0) is 17.6 Å². The standard InChI is InChI=1S/C22H21NO4S/c1-2-26-22(25)19-16-11-10-15(14-7-4-3-5-8-14)13-18(16)28-21(19)23-20(24)17-9-6-12-27-17/h3-9,12,15H,2,10-11,13H2,1H3,(H,23,24)/t15-/m0/s1. The molecule has 2 heterocycles. The number of anilines is 1. The number of furan rings is 1. The van der Waals surface area contributed by atoms with Crippen LogP contribution in [-0.4, -0.2) is 18.5 Å². The Balaban J connectivity index is 1.66. The van der Waals surface area contributed by atoms with Crippen molar-refractivity contribution in [2.45, 2.75) is 32.1 Å². The highest BCUT2D eigenvalue weighted by Gasteiger charge is 2.31. The molecule has 0 fully saturated rings. The number of thiophene rings is 1. The van der Waals surface area contributed by atoms with Crippen molar-refractivity contribution in [1.29, 1.82) is 0 Å². The normalized spacial score (nSPS) is 15.7. The number of esters is 1. The van der Waals surface area contributed by atoms with E-state index in [1.165, 1.54) is 23.2 Å². The van der Waals surface area contributed by atoms with E-state index in [0.717, 1.165) is 29.7 Å². The molecule has 5 nitrogen and oxygen atoms in total. The van der Waals surface area contributed by atoms with Crippen LogP contribution >= 0.6 is 11.3 Å². The molecule has 4 rings (SSSR count). The van der Waals surface area contributed by atoms with Crippen LogP contribution in [0.4, 0.5) is 5.00 Å². The summed E-state index contributed by atoms with van der Waals surface area (Å²) in [6.45, 7) is 2.07. The van der Waals surface area contributed by atoms with E-state index in [1.807, 2.05) is 6.07 Å². The lowest BCUT2D eigenvalue weighted by Gasteiger charge is -2.23. The van der Waals surface area contributed by atoms with Gasteiger partial charge in [0.2, 0.25) is 0 Å². The van der Waals surface area contributed by atoms with Crippen LogP contribution in [0.3, 0.4) is 0 Å². The van der Waals surface area contributed by atoms with Gasteiger partial charge in [-0.05, 0) is 55.4 Å². The van der Waals surface area contributed by atoms with Gasteiger partial charge in [0.1, 0.15) is 5.00 Å². The van der Waals surface area contributed by atoms with E-state index in [0.29, 0.717) is 23.1 Å². The van der Waals surface area contributed by atoms with Crippen LogP contribution in [0.25, 0.3) is 0 Å². The fourth-order valence-corrected chi connectivity index (χ4v) is 4.99. The van der Waals surface area contributed by atoms with E-state index < -0.39 is 0 Å². The van der Waals surface area contributed by atoms with Crippen molar-refractivity contribution in [3.05, 3.63) is 76.1 Å². The Kier molecular flexibility index (Phi) is 5.30. The van der Waals surface area contributed by atoms with Crippen LogP contribution in [0.2, 0.25) is 0 Å². The molecule has 0 aliphatic heterocycles. The van der Waals surface area contributed by atoms with E-state index in [4.69, 9.17) is 9.15 Å². The summed E-state index contributed by atoms with van der Waals surface area (Å²) in [5.74, 6) is -0.124. The molecule has 0 saturated heterocycles. The molecule has 2 aromatic heterocycles. The smallest absolute Gasteiger partial charge is 0.341 e. The predicted octanol–water partition coefficient (Wildman–Crippen LogP) is 5.04. The average Bonchev–Trinajstić information content (AvgIpc) is 3.36. The molecule has 0 unspecified atom stereocenters. The lowest BCUT2D eigenvalue weighted by molar-refractivity contribution is 0.0526. The number of carbonyl (C=O) groups excluding carboxylic acids is 2. The summed E-state index contributed by atoms with van der Waals surface area (Å²) >= 11 is 1.47. The van der Waals surface area contributed by atoms with Crippen molar-refractivity contribution in [2.75, 3.05) is 11.9 Å². The quantitative estimate of drug-likeness (QED) is 0.614. The molecule has 1 aliphatic rings. The van der Waals surface area contributed by atoms with Gasteiger partial charge in [0, 0.05) is 4.88 Å². The van der Waals surface area contributed by atoms with Gasteiger partial charge in [-0.15, -0.1) is 11.3 Å². The number of hydrogen-bond acceptors (Lipinski definition) is 5. The predicted molar refractivity (Wildman–Crippen MR) is 108 cm³/mol. The molecule has 144 valence electrons. The number of benzene rings is 1. The molecule has 0 saturated carbocycles. The van der Waals surface area contributed by atoms with Crippen LogP contribution in [0.5, 0.6) is 0 Å². The molecule has 0 bridgehead atoms. The van der Waals surface area contributed by atoms with Gasteiger partial charge in [0.05, 0.1) is 18.4 Å². The summed E-state index contributed by atoms with van der Waals surface area (Å²) in [5, 5.41) is 3.39. The third-order valence-corrected chi connectivity index (χ3v) is 6.16. The minimum absolute atomic E-state index is 0.211. The van der Waals surface area contributed by atoms with Gasteiger partial charge >= 0.3 is 5.97 Å². The Morgan fingerprint density at radius 2 is 2.04 bits per heavy atom. The minimum atomic E-state index is -0.382. The van der Waals surface area contributed by atoms with Gasteiger partial charge in [-0.2, -0.15) is 0 Å². The molecule has 1 amide bonds. The molecular weight excluding hydrogens is 374 g/mol. The molecule has 1 aliphatic carbocycles. The van der Waals surface area contributed by atoms with E-state index in [1.54, 1.807) is 19.1 Å². The second-order valence-corrected chi connectivity index (χ2v) is 7.82. The first kappa shape index (κ1) is 18.5. The molecular formula is C22H21NO4S. The number of ether oxygens (including phenoxy) is 1. The number of amides is 1. The van der Waals surface area contributed by atoms with Crippen molar-refractivity contribution in [2.24, 2.45) is 0 Å². The topological polar surface area (TPSA) is 68.5 Å². The first-order chi connectivity index (χ1) is 13.7. The summed E-state index contributed by atoms with van der Waals surface area (Å²) in [6, 6.07) is 13.7. The maximum atomic E-state index is 12.6. The number of carbonyl (C=O) groups is 2. The van der Waals surface area contributed by atoms with Gasteiger partial charge in [-0.1, -0.05) is 30.3 Å². The van der Waals surface area contributed by atoms with E-state index in [2.05, 4.69) is 29.6 Å². The molecule has 6 heteroatoms. The minimum Gasteiger partial charge on any atom is -0.462 e. The largest absolute Gasteiger partial charge is 0.462 e. The highest BCUT2D eigenvalue weighted by Crippen LogP contribution is 2.42. The lowest BCUT2D eigenvalue weighted by Crippen LogP contribution is -2.16. The van der Waals surface area contributed by atoms with Gasteiger partial charge < -0.3 is 14.5 Å². The Morgan fingerprint density at radius 1 is 1.21 bits per heavy atom. The van der Waals surface area contributed by atoms with Gasteiger partial charge in [-0.25, -0.2) is 4.79 Å². The van der Waals surface area contributed by atoms with Gasteiger partial charge in [0.15, 0.2) is 5.76 Å². The first-order valence-corrected chi connectivity index (χ1v) is 10.2. The van der Waals surface area contributed by atoms with E-state index >= 15 is 0 Å². The second-order valence-electron chi connectivity index (χ2n) is 6.71. The third-order valence-electron chi connectivity index (χ3n) is 4.99. The maximum absolute atomic E-state index is 12.6. The van der Waals surface area contributed by atoms with E-state index in [9.17, 15) is 9.59 Å². The van der Waals surface area contributed by atoms with Crippen molar-refractivity contribution in [3.63, 3.8) is 0 Å². The number of rotatable bonds is 5. The Bertz CT molecular complexity index is 976. The molecule has 3 aromatic rings. The monoisotopic (exact) mass is 395 g/mol. The maximum Gasteiger partial charge on any atom is 0.341 e. The summed E-state index contributed by atoms with van der Waals surface area (Å²) in [4.78, 5) is 26.2. The number of nitrogens with one attached hydrogen (secondary N) is 1. The number of hydrogen-bond donors (Lipinski definition) is 1. The molecule has 1 aromatic carbocycles. The average molecular weight is 395 g/mol. The van der Waals surface area contributed by atoms with Gasteiger partial charge in [0.25, 0.3) is 5.91 Å². The highest BCUT2D eigenvalue weighted by molar-refractivity contribution is 7.17. The first-order valence-electron chi connectivity index (χ1n) is 9.38. The zero-order valence-corrected chi connectivity index (χ0v) is 16.4. The SMILES string of the molecule is CCOC(=O)c1c(NC(=O)c2ccco2)sc2c1CC[C@H](c1ccccc1)C2. The highest BCUT2D eigenvalue weighted by atomic mass is 32.1. The van der Waals surface area contributed by atoms with Gasteiger partial charge in [-0.3, -0.25) is 4.79 Å². The fourth-order valence-electron chi connectivity index (χ4n) is 3.68. The Labute approximate surface area is 167 Å². The summed E-state index contributed by atoms with van der Waals surface area (Å²) < 4.78 is 10.4. The summed E-state index contributed by atoms with van der Waals surface area (Å²) in [5.41, 5.74) is 2.80. The molecule has 1 N–H and O–H groups in total. The van der Waals surface area contributed by atoms with Crippen LogP contribution in [0, 0.1) is 0 Å². The molecule has 0 spiro atoms. The van der Waals surface area contributed by atoms with Crippen LogP contribution < -0.4 is 5.32 Å². The molecule has 28 heavy (non-hydrogen) atoms. The molecule has 0 radical (unpaired) electrons. The van der Waals surface area contributed by atoms with E-state index in [-0.39, 0.29) is 17.6 Å². The van der Waals surface area contributed by atoms with Crippen LogP contribution in [0.15, 0.2) is 53.1 Å². The number of fused-ring (bicyclic) bond motifs is 1. The fraction of sp³-hybridized carbons (Fsp3) is 0.273.